The minimum absolute atomic E-state index is 0.116. The maximum absolute atomic E-state index is 9.67. The molecule has 2 fully saturated rings. The summed E-state index contributed by atoms with van der Waals surface area (Å²) in [6.45, 7) is 7.56. The number of nitrogens with zero attached hydrogens (tertiary/aromatic N) is 1. The summed E-state index contributed by atoms with van der Waals surface area (Å²) in [6.07, 6.45) is -1.72. The largest absolute Gasteiger partial charge is 0.385 e. The molecule has 2 aliphatic heterocycles. The summed E-state index contributed by atoms with van der Waals surface area (Å²) in [5, 5.41) is 18.3. The summed E-state index contributed by atoms with van der Waals surface area (Å²) in [5.74, 6) is -0.599. The first-order valence-corrected chi connectivity index (χ1v) is 5.19. The first-order valence-electron chi connectivity index (χ1n) is 5.19. The van der Waals surface area contributed by atoms with E-state index in [0.717, 1.165) is 0 Å². The van der Waals surface area contributed by atoms with Gasteiger partial charge in [-0.05, 0) is 13.8 Å². The van der Waals surface area contributed by atoms with Crippen molar-refractivity contribution in [1.29, 1.82) is 5.26 Å². The van der Waals surface area contributed by atoms with Gasteiger partial charge in [-0.3, -0.25) is 0 Å². The Morgan fingerprint density at radius 1 is 1.62 bits per heavy atom. The maximum Gasteiger partial charge on any atom is 0.163 e. The summed E-state index contributed by atoms with van der Waals surface area (Å²) in [5.41, 5.74) is 0.116. The summed E-state index contributed by atoms with van der Waals surface area (Å²) in [4.78, 5) is 0. The van der Waals surface area contributed by atoms with E-state index in [-0.39, 0.29) is 17.8 Å². The van der Waals surface area contributed by atoms with Crippen molar-refractivity contribution >= 4 is 0 Å². The number of hydrogen-bond acceptors (Lipinski definition) is 5. The van der Waals surface area contributed by atoms with Crippen LogP contribution in [0.1, 0.15) is 13.8 Å². The molecule has 2 heterocycles. The molecule has 0 aromatic heterocycles. The Labute approximate surface area is 94.2 Å². The van der Waals surface area contributed by atoms with E-state index in [2.05, 4.69) is 6.58 Å². The van der Waals surface area contributed by atoms with Crippen LogP contribution in [0.3, 0.4) is 0 Å². The molecule has 0 saturated carbocycles. The lowest BCUT2D eigenvalue weighted by atomic mass is 10.1. The van der Waals surface area contributed by atoms with Crippen LogP contribution >= 0.6 is 0 Å². The van der Waals surface area contributed by atoms with E-state index in [1.54, 1.807) is 0 Å². The van der Waals surface area contributed by atoms with Gasteiger partial charge in [0.05, 0.1) is 18.2 Å². The molecular weight excluding hydrogens is 210 g/mol. The van der Waals surface area contributed by atoms with Crippen LogP contribution in [0, 0.1) is 11.3 Å². The third-order valence-electron chi connectivity index (χ3n) is 2.77. The summed E-state index contributed by atoms with van der Waals surface area (Å²) in [6, 6.07) is 1.82. The second-order valence-corrected chi connectivity index (χ2v) is 4.51. The van der Waals surface area contributed by atoms with Gasteiger partial charge in [-0.15, -0.1) is 0 Å². The Hall–Kier alpha value is -0.930. The van der Waals surface area contributed by atoms with Crippen LogP contribution < -0.4 is 0 Å². The van der Waals surface area contributed by atoms with Crippen molar-refractivity contribution in [3.63, 3.8) is 0 Å². The molecule has 5 nitrogen and oxygen atoms in total. The third kappa shape index (κ3) is 2.11. The fraction of sp³-hybridized carbons (Fsp3) is 0.727. The average molecular weight is 225 g/mol. The van der Waals surface area contributed by atoms with E-state index < -0.39 is 18.0 Å². The molecule has 0 aromatic carbocycles. The van der Waals surface area contributed by atoms with E-state index in [4.69, 9.17) is 19.5 Å². The number of ether oxygens (including phenoxy) is 3. The van der Waals surface area contributed by atoms with Crippen molar-refractivity contribution in [2.24, 2.45) is 0 Å². The van der Waals surface area contributed by atoms with Gasteiger partial charge in [0.1, 0.15) is 24.4 Å². The Morgan fingerprint density at radius 3 is 2.81 bits per heavy atom. The lowest BCUT2D eigenvalue weighted by Gasteiger charge is -2.16. The Bertz CT molecular complexity index is 346. The molecule has 0 aliphatic carbocycles. The van der Waals surface area contributed by atoms with Crippen LogP contribution in [0.2, 0.25) is 0 Å². The van der Waals surface area contributed by atoms with Gasteiger partial charge < -0.3 is 19.3 Å². The topological polar surface area (TPSA) is 75.0 Å². The van der Waals surface area contributed by atoms with Crippen LogP contribution in [-0.2, 0) is 14.2 Å². The molecule has 0 aromatic rings. The molecule has 2 rings (SSSR count). The van der Waals surface area contributed by atoms with Crippen molar-refractivity contribution in [1.82, 2.24) is 0 Å². The van der Waals surface area contributed by atoms with E-state index >= 15 is 0 Å². The Balaban J connectivity index is 1.89. The fourth-order valence-electron chi connectivity index (χ4n) is 1.83. The molecule has 4 atom stereocenters. The lowest BCUT2D eigenvalue weighted by molar-refractivity contribution is -0.140. The lowest BCUT2D eigenvalue weighted by Crippen LogP contribution is -2.28. The van der Waals surface area contributed by atoms with Gasteiger partial charge >= 0.3 is 0 Å². The number of aliphatic hydroxyl groups excluding tert-OH is 1. The van der Waals surface area contributed by atoms with Gasteiger partial charge in [0.25, 0.3) is 0 Å². The van der Waals surface area contributed by atoms with Crippen molar-refractivity contribution in [2.75, 3.05) is 6.61 Å². The summed E-state index contributed by atoms with van der Waals surface area (Å²) < 4.78 is 16.3. The molecule has 5 heteroatoms. The fourth-order valence-corrected chi connectivity index (χ4v) is 1.83. The predicted molar refractivity (Wildman–Crippen MR) is 54.3 cm³/mol. The molecule has 0 spiro atoms. The standard InChI is InChI=1S/C11H15NO4/c1-6(4-12)8(13)10-9(15-10)7-5-14-11(2,3)16-7/h7-10,13H,1,5H2,2-3H3/t7-,8+,9+,10-/m1/s1. The SMILES string of the molecule is C=C(C#N)[C@H](O)[C@H]1O[C@H]1[C@H]1COC(C)(C)O1. The van der Waals surface area contributed by atoms with Crippen molar-refractivity contribution in [3.05, 3.63) is 12.2 Å². The zero-order valence-corrected chi connectivity index (χ0v) is 9.34. The van der Waals surface area contributed by atoms with E-state index in [1.807, 2.05) is 19.9 Å². The van der Waals surface area contributed by atoms with Gasteiger partial charge in [-0.25, -0.2) is 0 Å². The zero-order valence-electron chi connectivity index (χ0n) is 9.34. The molecule has 0 amide bonds. The Kier molecular flexibility index (Phi) is 2.76. The zero-order chi connectivity index (χ0) is 11.9. The number of epoxide rings is 1. The van der Waals surface area contributed by atoms with Gasteiger partial charge in [-0.1, -0.05) is 6.58 Å². The third-order valence-corrected chi connectivity index (χ3v) is 2.77. The van der Waals surface area contributed by atoms with E-state index in [1.165, 1.54) is 0 Å². The van der Waals surface area contributed by atoms with Crippen LogP contribution in [0.4, 0.5) is 0 Å². The molecule has 1 N–H and O–H groups in total. The van der Waals surface area contributed by atoms with Gasteiger partial charge in [0, 0.05) is 0 Å². The number of nitriles is 1. The first-order chi connectivity index (χ1) is 7.44. The van der Waals surface area contributed by atoms with Crippen LogP contribution in [0.15, 0.2) is 12.2 Å². The molecule has 2 aliphatic rings. The summed E-state index contributed by atoms with van der Waals surface area (Å²) in [7, 11) is 0. The number of hydrogen-bond donors (Lipinski definition) is 1. The molecule has 88 valence electrons. The van der Waals surface area contributed by atoms with E-state index in [0.29, 0.717) is 6.61 Å². The maximum atomic E-state index is 9.67. The molecule has 16 heavy (non-hydrogen) atoms. The van der Waals surface area contributed by atoms with E-state index in [9.17, 15) is 5.11 Å². The van der Waals surface area contributed by atoms with Crippen LogP contribution in [0.5, 0.6) is 0 Å². The molecular formula is C11H15NO4. The minimum atomic E-state index is -0.942. The van der Waals surface area contributed by atoms with Gasteiger partial charge in [0.15, 0.2) is 5.79 Å². The second-order valence-electron chi connectivity index (χ2n) is 4.51. The van der Waals surface area contributed by atoms with Crippen LogP contribution in [0.25, 0.3) is 0 Å². The highest BCUT2D eigenvalue weighted by Crippen LogP contribution is 2.37. The predicted octanol–water partition coefficient (Wildman–Crippen LogP) is 0.346. The second kappa shape index (κ2) is 3.82. The van der Waals surface area contributed by atoms with Crippen molar-refractivity contribution in [2.45, 2.75) is 44.1 Å². The normalized spacial score (nSPS) is 37.8. The van der Waals surface area contributed by atoms with Gasteiger partial charge in [-0.2, -0.15) is 5.26 Å². The highest BCUT2D eigenvalue weighted by Gasteiger charge is 2.54. The monoisotopic (exact) mass is 225 g/mol. The Morgan fingerprint density at radius 2 is 2.31 bits per heavy atom. The highest BCUT2D eigenvalue weighted by atomic mass is 16.8. The quantitative estimate of drug-likeness (QED) is 0.554. The average Bonchev–Trinajstić information content (AvgIpc) is 2.95. The molecule has 0 bridgehead atoms. The smallest absolute Gasteiger partial charge is 0.163 e. The number of aliphatic hydroxyl groups is 1. The molecule has 0 radical (unpaired) electrons. The molecule has 0 unspecified atom stereocenters. The number of rotatable bonds is 3. The van der Waals surface area contributed by atoms with Crippen molar-refractivity contribution < 1.29 is 19.3 Å². The summed E-state index contributed by atoms with van der Waals surface area (Å²) >= 11 is 0. The minimum Gasteiger partial charge on any atom is -0.385 e. The first kappa shape index (κ1) is 11.6. The van der Waals surface area contributed by atoms with Gasteiger partial charge in [0.2, 0.25) is 0 Å². The van der Waals surface area contributed by atoms with Crippen LogP contribution in [-0.4, -0.2) is 41.9 Å². The highest BCUT2D eigenvalue weighted by molar-refractivity contribution is 5.25. The molecule has 2 saturated heterocycles. The van der Waals surface area contributed by atoms with Crippen molar-refractivity contribution in [3.8, 4) is 6.07 Å².